The van der Waals surface area contributed by atoms with Gasteiger partial charge in [-0.2, -0.15) is 0 Å². The molecule has 0 saturated heterocycles. The van der Waals surface area contributed by atoms with Crippen LogP contribution in [0.3, 0.4) is 0 Å². The lowest BCUT2D eigenvalue weighted by molar-refractivity contribution is -0.387. The third kappa shape index (κ3) is 6.83. The minimum Gasteiger partial charge on any atom is -0.496 e. The standard InChI is InChI=1S/C32H30BrN5O6S2/c1-6-8-22-27(30(40)44-7-2)28(20-10-11-24(43-5)21(33)16-20)37-29(39)26(46-32(37)36-22)15-19-9-12-25(23(14-19)38(41)42)45-31-34-17(3)13-18(4)35-31/h9-16,28H,6-8H2,1-5H3/b26-15+/t28-/m0/s1. The lowest BCUT2D eigenvalue weighted by atomic mass is 9.94. The van der Waals surface area contributed by atoms with Crippen LogP contribution in [0.2, 0.25) is 0 Å². The van der Waals surface area contributed by atoms with Crippen LogP contribution in [0.15, 0.2) is 78.0 Å². The summed E-state index contributed by atoms with van der Waals surface area (Å²) in [5, 5.41) is 12.5. The highest BCUT2D eigenvalue weighted by Gasteiger charge is 2.34. The molecule has 3 heterocycles. The van der Waals surface area contributed by atoms with Crippen molar-refractivity contribution in [3.63, 3.8) is 0 Å². The molecule has 46 heavy (non-hydrogen) atoms. The zero-order chi connectivity index (χ0) is 33.1. The number of methoxy groups -OCH3 is 1. The maximum Gasteiger partial charge on any atom is 0.338 e. The minimum absolute atomic E-state index is 0.134. The van der Waals surface area contributed by atoms with Crippen LogP contribution in [0.5, 0.6) is 5.75 Å². The maximum absolute atomic E-state index is 14.1. The van der Waals surface area contributed by atoms with Gasteiger partial charge in [-0.25, -0.2) is 19.8 Å². The van der Waals surface area contributed by atoms with Crippen molar-refractivity contribution in [2.75, 3.05) is 13.7 Å². The largest absolute Gasteiger partial charge is 0.496 e. The molecule has 0 amide bonds. The first-order chi connectivity index (χ1) is 22.0. The van der Waals surface area contributed by atoms with E-state index in [9.17, 15) is 19.7 Å². The Labute approximate surface area is 281 Å². The molecular formula is C32H30BrN5O6S2. The van der Waals surface area contributed by atoms with E-state index in [0.717, 1.165) is 40.9 Å². The Morgan fingerprint density at radius 2 is 1.89 bits per heavy atom. The first-order valence-electron chi connectivity index (χ1n) is 14.4. The maximum atomic E-state index is 14.1. The number of hydrogen-bond acceptors (Lipinski definition) is 11. The zero-order valence-corrected chi connectivity index (χ0v) is 28.9. The van der Waals surface area contributed by atoms with Crippen molar-refractivity contribution >= 4 is 56.8 Å². The van der Waals surface area contributed by atoms with Gasteiger partial charge < -0.3 is 9.47 Å². The molecule has 0 saturated carbocycles. The van der Waals surface area contributed by atoms with Gasteiger partial charge in [-0.3, -0.25) is 19.5 Å². The number of halogens is 1. The van der Waals surface area contributed by atoms with Gasteiger partial charge in [0.05, 0.1) is 49.9 Å². The normalized spacial score (nSPS) is 14.6. The van der Waals surface area contributed by atoms with E-state index in [1.165, 1.54) is 10.6 Å². The number of aryl methyl sites for hydroxylation is 2. The van der Waals surface area contributed by atoms with Crippen LogP contribution in [0.4, 0.5) is 5.69 Å². The van der Waals surface area contributed by atoms with Gasteiger partial charge in [0.2, 0.25) is 0 Å². The molecule has 0 aliphatic carbocycles. The predicted molar refractivity (Wildman–Crippen MR) is 179 cm³/mol. The van der Waals surface area contributed by atoms with Crippen LogP contribution in [-0.4, -0.2) is 39.1 Å². The average molecular weight is 725 g/mol. The minimum atomic E-state index is -0.813. The van der Waals surface area contributed by atoms with E-state index in [-0.39, 0.29) is 17.9 Å². The van der Waals surface area contributed by atoms with Crippen molar-refractivity contribution in [2.24, 2.45) is 4.99 Å². The summed E-state index contributed by atoms with van der Waals surface area (Å²) in [5.74, 6) is 0.0521. The number of esters is 1. The van der Waals surface area contributed by atoms with Crippen molar-refractivity contribution < 1.29 is 19.2 Å². The molecule has 0 radical (unpaired) electrons. The smallest absolute Gasteiger partial charge is 0.338 e. The van der Waals surface area contributed by atoms with Crippen LogP contribution >= 0.6 is 39.0 Å². The summed E-state index contributed by atoms with van der Waals surface area (Å²) < 4.78 is 13.3. The molecule has 0 bridgehead atoms. The summed E-state index contributed by atoms with van der Waals surface area (Å²) in [6.45, 7) is 7.55. The third-order valence-corrected chi connectivity index (χ3v) is 9.56. The summed E-state index contributed by atoms with van der Waals surface area (Å²) in [6, 6.07) is 11.2. The van der Waals surface area contributed by atoms with Crippen molar-refractivity contribution in [3.05, 3.63) is 111 Å². The van der Waals surface area contributed by atoms with Crippen molar-refractivity contribution in [2.45, 2.75) is 56.6 Å². The van der Waals surface area contributed by atoms with E-state index >= 15 is 0 Å². The van der Waals surface area contributed by atoms with E-state index in [4.69, 9.17) is 14.5 Å². The van der Waals surface area contributed by atoms with Gasteiger partial charge in [0.1, 0.15) is 5.75 Å². The second kappa shape index (κ2) is 14.1. The molecule has 4 aromatic rings. The monoisotopic (exact) mass is 723 g/mol. The SMILES string of the molecule is CCCC1=C(C(=O)OCC)[C@H](c2ccc(OC)c(Br)c2)n2c(s/c(=C/c3ccc(Sc4nc(C)cc(C)n4)c([N+](=O)[O-])c3)c2=O)=N1. The predicted octanol–water partition coefficient (Wildman–Crippen LogP) is 5.82. The molecule has 2 aromatic heterocycles. The number of ether oxygens (including phenoxy) is 2. The number of nitrogens with zero attached hydrogens (tertiary/aromatic N) is 5. The number of nitro groups is 1. The van der Waals surface area contributed by atoms with Gasteiger partial charge in [0, 0.05) is 17.5 Å². The molecule has 0 fully saturated rings. The van der Waals surface area contributed by atoms with Crippen molar-refractivity contribution in [3.8, 4) is 5.75 Å². The van der Waals surface area contributed by atoms with Crippen molar-refractivity contribution in [1.29, 1.82) is 0 Å². The van der Waals surface area contributed by atoms with Gasteiger partial charge in [0.25, 0.3) is 11.2 Å². The molecule has 14 heteroatoms. The highest BCUT2D eigenvalue weighted by Crippen LogP contribution is 2.37. The lowest BCUT2D eigenvalue weighted by Gasteiger charge is -2.26. The number of hydrogen-bond donors (Lipinski definition) is 0. The molecule has 0 unspecified atom stereocenters. The summed E-state index contributed by atoms with van der Waals surface area (Å²) in [6.07, 6.45) is 2.83. The van der Waals surface area contributed by atoms with Gasteiger partial charge in [0.15, 0.2) is 9.96 Å². The number of fused-ring (bicyclic) bond motifs is 1. The number of allylic oxidation sites excluding steroid dienone is 1. The molecule has 238 valence electrons. The Morgan fingerprint density at radius 3 is 2.52 bits per heavy atom. The Kier molecular flexibility index (Phi) is 10.2. The zero-order valence-electron chi connectivity index (χ0n) is 25.7. The molecule has 1 aliphatic heterocycles. The Hall–Kier alpha value is -4.14. The highest BCUT2D eigenvalue weighted by atomic mass is 79.9. The topological polar surface area (TPSA) is 139 Å². The molecule has 2 aromatic carbocycles. The fourth-order valence-corrected chi connectivity index (χ4v) is 7.66. The molecule has 1 aliphatic rings. The van der Waals surface area contributed by atoms with Gasteiger partial charge in [-0.1, -0.05) is 36.8 Å². The molecule has 5 rings (SSSR count). The van der Waals surface area contributed by atoms with Crippen molar-refractivity contribution in [1.82, 2.24) is 14.5 Å². The van der Waals surface area contributed by atoms with Crippen LogP contribution < -0.4 is 19.6 Å². The third-order valence-electron chi connectivity index (χ3n) is 7.02. The highest BCUT2D eigenvalue weighted by molar-refractivity contribution is 9.10. The van der Waals surface area contributed by atoms with Crippen LogP contribution in [0, 0.1) is 24.0 Å². The number of carbonyl (C=O) groups excluding carboxylic acids is 1. The summed E-state index contributed by atoms with van der Waals surface area (Å²) in [7, 11) is 1.55. The number of thiazole rings is 1. The van der Waals surface area contributed by atoms with Gasteiger partial charge in [-0.05, 0) is 96.4 Å². The summed E-state index contributed by atoms with van der Waals surface area (Å²) in [4.78, 5) is 53.5. The number of benzene rings is 2. The van der Waals surface area contributed by atoms with E-state index in [0.29, 0.717) is 58.4 Å². The molecule has 11 nitrogen and oxygen atoms in total. The van der Waals surface area contributed by atoms with Crippen LogP contribution in [0.1, 0.15) is 55.2 Å². The lowest BCUT2D eigenvalue weighted by Crippen LogP contribution is -2.40. The molecule has 0 N–H and O–H groups in total. The van der Waals surface area contributed by atoms with E-state index < -0.39 is 16.9 Å². The summed E-state index contributed by atoms with van der Waals surface area (Å²) >= 11 is 5.80. The molecule has 1 atom stereocenters. The first kappa shape index (κ1) is 33.2. The van der Waals surface area contributed by atoms with E-state index in [1.807, 2.05) is 32.9 Å². The Morgan fingerprint density at radius 1 is 1.15 bits per heavy atom. The first-order valence-corrected chi connectivity index (χ1v) is 16.8. The number of aromatic nitrogens is 3. The number of carbonyl (C=O) groups is 1. The van der Waals surface area contributed by atoms with Crippen LogP contribution in [-0.2, 0) is 9.53 Å². The fourth-order valence-electron chi connectivity index (χ4n) is 5.13. The van der Waals surface area contributed by atoms with Gasteiger partial charge >= 0.3 is 5.97 Å². The Bertz CT molecular complexity index is 2050. The average Bonchev–Trinajstić information content (AvgIpc) is 3.30. The number of nitro benzene ring substituents is 1. The molecular weight excluding hydrogens is 694 g/mol. The van der Waals surface area contributed by atoms with Gasteiger partial charge in [-0.15, -0.1) is 0 Å². The second-order valence-electron chi connectivity index (χ2n) is 10.3. The van der Waals surface area contributed by atoms with E-state index in [1.54, 1.807) is 44.4 Å². The van der Waals surface area contributed by atoms with E-state index in [2.05, 4.69) is 25.9 Å². The number of rotatable bonds is 10. The summed E-state index contributed by atoms with van der Waals surface area (Å²) in [5.41, 5.74) is 2.98. The Balaban J connectivity index is 1.66. The molecule has 0 spiro atoms. The second-order valence-corrected chi connectivity index (χ2v) is 13.2. The quantitative estimate of drug-likeness (QED) is 0.0858. The fraction of sp³-hybridized carbons (Fsp3) is 0.281. The van der Waals surface area contributed by atoms with Crippen LogP contribution in [0.25, 0.3) is 6.08 Å².